The van der Waals surface area contributed by atoms with Crippen LogP contribution in [0.1, 0.15) is 0 Å². The molecule has 0 bridgehead atoms. The molecule has 0 fully saturated rings. The second-order valence-electron chi connectivity index (χ2n) is 4.52. The Hall–Kier alpha value is -2.47. The van der Waals surface area contributed by atoms with E-state index in [0.717, 1.165) is 28.8 Å². The molecule has 102 valence electrons. The highest BCUT2D eigenvalue weighted by atomic mass is 16.3. The third kappa shape index (κ3) is 2.33. The number of likely N-dealkylation sites (N-methyl/N-ethyl adjacent to an activating group) is 1. The number of nitrogens with zero attached hydrogens (tertiary/aromatic N) is 4. The Labute approximate surface area is 116 Å². The zero-order valence-electron chi connectivity index (χ0n) is 11.2. The van der Waals surface area contributed by atoms with Crippen molar-refractivity contribution in [1.82, 2.24) is 15.0 Å². The first-order chi connectivity index (χ1) is 9.78. The van der Waals surface area contributed by atoms with E-state index < -0.39 is 0 Å². The van der Waals surface area contributed by atoms with E-state index in [4.69, 9.17) is 10.2 Å². The Morgan fingerprint density at radius 3 is 2.70 bits per heavy atom. The van der Waals surface area contributed by atoms with Gasteiger partial charge in [-0.1, -0.05) is 6.07 Å². The van der Waals surface area contributed by atoms with Crippen LogP contribution in [0.3, 0.4) is 0 Å². The van der Waals surface area contributed by atoms with E-state index in [1.54, 1.807) is 12.4 Å². The molecule has 3 rings (SSSR count). The molecule has 1 aromatic carbocycles. The average Bonchev–Trinajstić information content (AvgIpc) is 2.95. The number of oxazole rings is 1. The summed E-state index contributed by atoms with van der Waals surface area (Å²) in [6.45, 7) is 1.30. The van der Waals surface area contributed by atoms with Gasteiger partial charge in [0.1, 0.15) is 5.52 Å². The minimum absolute atomic E-state index is 0.573. The molecule has 0 atom stereocenters. The largest absolute Gasteiger partial charge is 0.443 e. The summed E-state index contributed by atoms with van der Waals surface area (Å²) < 4.78 is 5.30. The van der Waals surface area contributed by atoms with E-state index in [0.29, 0.717) is 12.5 Å². The standard InChI is InChI=1S/C14H15N5O/c1-19(5-4-15)14-16-7-11(8-17-14)10-2-3-12-13(6-10)20-9-18-12/h2-3,6-9H,4-5,15H2,1H3. The molecular formula is C14H15N5O. The fourth-order valence-corrected chi connectivity index (χ4v) is 2.00. The number of nitrogens with two attached hydrogens (primary N) is 1. The van der Waals surface area contributed by atoms with Gasteiger partial charge >= 0.3 is 0 Å². The summed E-state index contributed by atoms with van der Waals surface area (Å²) in [4.78, 5) is 14.7. The summed E-state index contributed by atoms with van der Waals surface area (Å²) in [7, 11) is 1.92. The maximum Gasteiger partial charge on any atom is 0.225 e. The molecular weight excluding hydrogens is 254 g/mol. The molecule has 0 spiro atoms. The number of rotatable bonds is 4. The maximum absolute atomic E-state index is 5.52. The molecule has 0 aliphatic rings. The first kappa shape index (κ1) is 12.6. The van der Waals surface area contributed by atoms with E-state index in [2.05, 4.69) is 15.0 Å². The van der Waals surface area contributed by atoms with Crippen LogP contribution in [0, 0.1) is 0 Å². The summed E-state index contributed by atoms with van der Waals surface area (Å²) in [6, 6.07) is 5.83. The number of hydrogen-bond acceptors (Lipinski definition) is 6. The van der Waals surface area contributed by atoms with Gasteiger partial charge in [-0.2, -0.15) is 0 Å². The Bertz CT molecular complexity index is 707. The van der Waals surface area contributed by atoms with Gasteiger partial charge in [0.15, 0.2) is 12.0 Å². The van der Waals surface area contributed by atoms with Crippen molar-refractivity contribution < 1.29 is 4.42 Å². The molecule has 0 saturated carbocycles. The lowest BCUT2D eigenvalue weighted by atomic mass is 10.1. The Balaban J connectivity index is 1.90. The topological polar surface area (TPSA) is 81.1 Å². The number of hydrogen-bond donors (Lipinski definition) is 1. The van der Waals surface area contributed by atoms with Crippen molar-refractivity contribution >= 4 is 17.0 Å². The molecule has 6 nitrogen and oxygen atoms in total. The van der Waals surface area contributed by atoms with Gasteiger partial charge in [0.25, 0.3) is 0 Å². The molecule has 2 heterocycles. The molecule has 0 amide bonds. The third-order valence-electron chi connectivity index (χ3n) is 3.11. The van der Waals surface area contributed by atoms with E-state index in [1.807, 2.05) is 30.1 Å². The van der Waals surface area contributed by atoms with Gasteiger partial charge in [0.05, 0.1) is 0 Å². The van der Waals surface area contributed by atoms with Crippen molar-refractivity contribution in [2.24, 2.45) is 5.73 Å². The molecule has 6 heteroatoms. The van der Waals surface area contributed by atoms with Crippen LogP contribution < -0.4 is 10.6 Å². The average molecular weight is 269 g/mol. The molecule has 0 aliphatic carbocycles. The second kappa shape index (κ2) is 5.26. The quantitative estimate of drug-likeness (QED) is 0.776. The number of benzene rings is 1. The highest BCUT2D eigenvalue weighted by Crippen LogP contribution is 2.23. The summed E-state index contributed by atoms with van der Waals surface area (Å²) in [5.74, 6) is 0.667. The smallest absolute Gasteiger partial charge is 0.225 e. The predicted octanol–water partition coefficient (Wildman–Crippen LogP) is 1.68. The first-order valence-electron chi connectivity index (χ1n) is 6.35. The van der Waals surface area contributed by atoms with Crippen LogP contribution in [0.5, 0.6) is 0 Å². The fourth-order valence-electron chi connectivity index (χ4n) is 2.00. The normalized spacial score (nSPS) is 10.9. The van der Waals surface area contributed by atoms with Crippen molar-refractivity contribution in [3.8, 4) is 11.1 Å². The van der Waals surface area contributed by atoms with Gasteiger partial charge in [0.2, 0.25) is 5.95 Å². The van der Waals surface area contributed by atoms with Crippen molar-refractivity contribution in [3.63, 3.8) is 0 Å². The number of fused-ring (bicyclic) bond motifs is 1. The Kier molecular flexibility index (Phi) is 3.30. The van der Waals surface area contributed by atoms with Crippen molar-refractivity contribution in [2.75, 3.05) is 25.0 Å². The molecule has 0 aliphatic heterocycles. The van der Waals surface area contributed by atoms with Gasteiger partial charge < -0.3 is 15.1 Å². The van der Waals surface area contributed by atoms with Crippen molar-refractivity contribution in [2.45, 2.75) is 0 Å². The lowest BCUT2D eigenvalue weighted by Gasteiger charge is -2.15. The van der Waals surface area contributed by atoms with Gasteiger partial charge in [-0.15, -0.1) is 0 Å². The Morgan fingerprint density at radius 1 is 1.15 bits per heavy atom. The van der Waals surface area contributed by atoms with Crippen LogP contribution in [0.15, 0.2) is 41.4 Å². The zero-order valence-corrected chi connectivity index (χ0v) is 11.2. The fraction of sp³-hybridized carbons (Fsp3) is 0.214. The lowest BCUT2D eigenvalue weighted by molar-refractivity contribution is 0.602. The molecule has 20 heavy (non-hydrogen) atoms. The molecule has 0 radical (unpaired) electrons. The highest BCUT2D eigenvalue weighted by Gasteiger charge is 2.06. The van der Waals surface area contributed by atoms with E-state index in [-0.39, 0.29) is 0 Å². The number of aromatic nitrogens is 3. The van der Waals surface area contributed by atoms with Crippen LogP contribution in [0.4, 0.5) is 5.95 Å². The van der Waals surface area contributed by atoms with Crippen LogP contribution in [0.25, 0.3) is 22.2 Å². The minimum Gasteiger partial charge on any atom is -0.443 e. The minimum atomic E-state index is 0.573. The van der Waals surface area contributed by atoms with E-state index in [1.165, 1.54) is 6.39 Å². The van der Waals surface area contributed by atoms with Crippen molar-refractivity contribution in [3.05, 3.63) is 37.0 Å². The highest BCUT2D eigenvalue weighted by molar-refractivity contribution is 5.79. The van der Waals surface area contributed by atoms with Crippen LogP contribution in [-0.2, 0) is 0 Å². The molecule has 2 N–H and O–H groups in total. The van der Waals surface area contributed by atoms with Gasteiger partial charge in [-0.05, 0) is 17.7 Å². The predicted molar refractivity (Wildman–Crippen MR) is 77.4 cm³/mol. The lowest BCUT2D eigenvalue weighted by Crippen LogP contribution is -2.26. The summed E-state index contributed by atoms with van der Waals surface area (Å²) in [5.41, 5.74) is 9.06. The molecule has 0 saturated heterocycles. The monoisotopic (exact) mass is 269 g/mol. The first-order valence-corrected chi connectivity index (χ1v) is 6.35. The molecule has 2 aromatic heterocycles. The summed E-state index contributed by atoms with van der Waals surface area (Å²) >= 11 is 0. The SMILES string of the molecule is CN(CCN)c1ncc(-c2ccc3ncoc3c2)cn1. The van der Waals surface area contributed by atoms with E-state index >= 15 is 0 Å². The van der Waals surface area contributed by atoms with Crippen LogP contribution in [0.2, 0.25) is 0 Å². The third-order valence-corrected chi connectivity index (χ3v) is 3.11. The maximum atomic E-state index is 5.52. The van der Waals surface area contributed by atoms with Crippen molar-refractivity contribution in [1.29, 1.82) is 0 Å². The molecule has 0 unspecified atom stereocenters. The van der Waals surface area contributed by atoms with Crippen LogP contribution in [-0.4, -0.2) is 35.1 Å². The van der Waals surface area contributed by atoms with E-state index in [9.17, 15) is 0 Å². The Morgan fingerprint density at radius 2 is 1.95 bits per heavy atom. The zero-order chi connectivity index (χ0) is 13.9. The van der Waals surface area contributed by atoms with Crippen LogP contribution >= 0.6 is 0 Å². The number of anilines is 1. The second-order valence-corrected chi connectivity index (χ2v) is 4.52. The van der Waals surface area contributed by atoms with Gasteiger partial charge in [0, 0.05) is 38.1 Å². The summed E-state index contributed by atoms with van der Waals surface area (Å²) in [6.07, 6.45) is 5.04. The summed E-state index contributed by atoms with van der Waals surface area (Å²) in [5, 5.41) is 0. The molecule has 3 aromatic rings. The van der Waals surface area contributed by atoms with Gasteiger partial charge in [-0.3, -0.25) is 0 Å². The van der Waals surface area contributed by atoms with Gasteiger partial charge in [-0.25, -0.2) is 15.0 Å².